The minimum absolute atomic E-state index is 0.203. The third-order valence-electron chi connectivity index (χ3n) is 6.63. The van der Waals surface area contributed by atoms with Crippen molar-refractivity contribution in [2.24, 2.45) is 4.99 Å². The highest BCUT2D eigenvalue weighted by atomic mass is 16.2. The fourth-order valence-corrected chi connectivity index (χ4v) is 4.97. The summed E-state index contributed by atoms with van der Waals surface area (Å²) in [4.78, 5) is 34.2. The molecule has 0 radical (unpaired) electrons. The standard InChI is InChI=1S/C22H26N5O2/c1-14-15(2)27-18-19(23-21(27)26(14)17-11-7-8-12-17)24(3)22(29)25(20(18)28)13-16-9-5-4-6-10-16/h4-6,9-10,17-18H,7-8,11-13H2,1-3H3/q+1. The van der Waals surface area contributed by atoms with Crippen LogP contribution in [-0.4, -0.2) is 39.2 Å². The minimum Gasteiger partial charge on any atom is -0.270 e. The van der Waals surface area contributed by atoms with E-state index in [4.69, 9.17) is 4.99 Å². The van der Waals surface area contributed by atoms with Crippen LogP contribution in [0, 0.1) is 13.8 Å². The van der Waals surface area contributed by atoms with Crippen LogP contribution in [0.25, 0.3) is 0 Å². The second-order valence-corrected chi connectivity index (χ2v) is 8.27. The number of hydrogen-bond acceptors (Lipinski definition) is 3. The predicted octanol–water partition coefficient (Wildman–Crippen LogP) is 3.19. The number of carbonyl (C=O) groups excluding carboxylic acids is 2. The van der Waals surface area contributed by atoms with Crippen molar-refractivity contribution in [3.05, 3.63) is 47.3 Å². The number of imide groups is 1. The van der Waals surface area contributed by atoms with Gasteiger partial charge in [-0.3, -0.25) is 14.6 Å². The number of benzene rings is 1. The lowest BCUT2D eigenvalue weighted by atomic mass is 10.1. The van der Waals surface area contributed by atoms with Crippen molar-refractivity contribution in [1.82, 2.24) is 14.4 Å². The van der Waals surface area contributed by atoms with Crippen molar-refractivity contribution in [3.8, 4) is 0 Å². The smallest absolute Gasteiger partial charge is 0.270 e. The van der Waals surface area contributed by atoms with E-state index in [1.54, 1.807) is 7.05 Å². The van der Waals surface area contributed by atoms with Gasteiger partial charge in [-0.1, -0.05) is 35.3 Å². The van der Waals surface area contributed by atoms with E-state index < -0.39 is 6.04 Å². The summed E-state index contributed by atoms with van der Waals surface area (Å²) < 4.78 is 4.33. The van der Waals surface area contributed by atoms with Gasteiger partial charge in [0.05, 0.1) is 12.6 Å². The Kier molecular flexibility index (Phi) is 4.08. The number of amidine groups is 1. The summed E-state index contributed by atoms with van der Waals surface area (Å²) >= 11 is 0. The maximum atomic E-state index is 13.5. The molecule has 150 valence electrons. The van der Waals surface area contributed by atoms with Crippen molar-refractivity contribution < 1.29 is 14.2 Å². The molecule has 1 aliphatic carbocycles. The van der Waals surface area contributed by atoms with Crippen LogP contribution in [0.3, 0.4) is 0 Å². The molecule has 2 aliphatic heterocycles. The molecule has 1 aromatic heterocycles. The second-order valence-electron chi connectivity index (χ2n) is 8.27. The Hall–Kier alpha value is -2.96. The molecule has 7 heteroatoms. The van der Waals surface area contributed by atoms with E-state index in [0.717, 1.165) is 35.7 Å². The van der Waals surface area contributed by atoms with Gasteiger partial charge in [0.1, 0.15) is 11.4 Å². The fraction of sp³-hybridized carbons (Fsp3) is 0.455. The zero-order chi connectivity index (χ0) is 20.3. The van der Waals surface area contributed by atoms with Gasteiger partial charge in [0, 0.05) is 7.05 Å². The highest BCUT2D eigenvalue weighted by molar-refractivity contribution is 6.19. The van der Waals surface area contributed by atoms with E-state index in [9.17, 15) is 9.59 Å². The normalized spacial score (nSPS) is 21.6. The molecule has 1 atom stereocenters. The summed E-state index contributed by atoms with van der Waals surface area (Å²) in [6, 6.07) is 9.17. The van der Waals surface area contributed by atoms with Crippen LogP contribution >= 0.6 is 0 Å². The van der Waals surface area contributed by atoms with Gasteiger partial charge in [0.2, 0.25) is 11.9 Å². The lowest BCUT2D eigenvalue weighted by Gasteiger charge is -2.33. The molecule has 1 saturated carbocycles. The fourth-order valence-electron chi connectivity index (χ4n) is 4.97. The van der Waals surface area contributed by atoms with Gasteiger partial charge >= 0.3 is 12.0 Å². The van der Waals surface area contributed by atoms with E-state index in [1.807, 2.05) is 41.8 Å². The third-order valence-corrected chi connectivity index (χ3v) is 6.63. The van der Waals surface area contributed by atoms with E-state index in [-0.39, 0.29) is 18.5 Å². The van der Waals surface area contributed by atoms with Crippen LogP contribution in [0.2, 0.25) is 0 Å². The molecule has 1 aromatic carbocycles. The van der Waals surface area contributed by atoms with Crippen molar-refractivity contribution in [2.45, 2.75) is 58.2 Å². The number of urea groups is 1. The Morgan fingerprint density at radius 3 is 2.48 bits per heavy atom. The summed E-state index contributed by atoms with van der Waals surface area (Å²) in [7, 11) is 1.72. The average molecular weight is 392 g/mol. The highest BCUT2D eigenvalue weighted by Crippen LogP contribution is 2.38. The zero-order valence-corrected chi connectivity index (χ0v) is 17.1. The number of rotatable bonds is 3. The van der Waals surface area contributed by atoms with Crippen molar-refractivity contribution >= 4 is 23.7 Å². The topological polar surface area (TPSA) is 61.8 Å². The van der Waals surface area contributed by atoms with Gasteiger partial charge in [-0.15, -0.1) is 0 Å². The number of imidazole rings is 1. The zero-order valence-electron chi connectivity index (χ0n) is 17.1. The molecule has 3 amide bonds. The molecule has 5 rings (SSSR count). The average Bonchev–Trinajstić information content (AvgIpc) is 3.43. The first-order chi connectivity index (χ1) is 14.0. The molecule has 29 heavy (non-hydrogen) atoms. The van der Waals surface area contributed by atoms with Gasteiger partial charge in [0.25, 0.3) is 5.91 Å². The molecular formula is C22H26N5O2+. The summed E-state index contributed by atoms with van der Waals surface area (Å²) in [5.41, 5.74) is 3.14. The van der Waals surface area contributed by atoms with Crippen LogP contribution in [0.1, 0.15) is 54.7 Å². The van der Waals surface area contributed by atoms with Crippen LogP contribution in [0.4, 0.5) is 10.7 Å². The largest absolute Gasteiger partial charge is 0.402 e. The molecule has 0 N–H and O–H groups in total. The molecule has 3 heterocycles. The van der Waals surface area contributed by atoms with E-state index >= 15 is 0 Å². The summed E-state index contributed by atoms with van der Waals surface area (Å²) in [6.07, 6.45) is 4.73. The number of nitrogens with zero attached hydrogens (tertiary/aromatic N) is 5. The summed E-state index contributed by atoms with van der Waals surface area (Å²) in [5.74, 6) is 1.14. The molecule has 7 nitrogen and oxygen atoms in total. The summed E-state index contributed by atoms with van der Waals surface area (Å²) in [6.45, 7) is 4.43. The maximum Gasteiger partial charge on any atom is 0.402 e. The van der Waals surface area contributed by atoms with Gasteiger partial charge < -0.3 is 0 Å². The second kappa shape index (κ2) is 6.54. The van der Waals surface area contributed by atoms with Gasteiger partial charge in [-0.05, 0) is 45.1 Å². The molecule has 3 aliphatic rings. The van der Waals surface area contributed by atoms with E-state index in [0.29, 0.717) is 11.9 Å². The maximum absolute atomic E-state index is 13.5. The first kappa shape index (κ1) is 18.1. The predicted molar refractivity (Wildman–Crippen MR) is 108 cm³/mol. The molecule has 2 fully saturated rings. The quantitative estimate of drug-likeness (QED) is 0.753. The lowest BCUT2D eigenvalue weighted by molar-refractivity contribution is -0.683. The monoisotopic (exact) mass is 392 g/mol. The number of amides is 3. The van der Waals surface area contributed by atoms with Crippen molar-refractivity contribution in [2.75, 3.05) is 7.05 Å². The van der Waals surface area contributed by atoms with Gasteiger partial charge in [-0.2, -0.15) is 0 Å². The Bertz CT molecular complexity index is 1030. The number of carbonyl (C=O) groups is 2. The molecule has 1 unspecified atom stereocenters. The number of aromatic nitrogens is 2. The highest BCUT2D eigenvalue weighted by Gasteiger charge is 2.54. The SMILES string of the molecule is Cc1c(C)[n+]2c(n1C1CCCC1)N=C1C2C(=O)N(Cc2ccccc2)C(=O)N1C. The first-order valence-electron chi connectivity index (χ1n) is 10.3. The van der Waals surface area contributed by atoms with Crippen LogP contribution in [-0.2, 0) is 11.3 Å². The Morgan fingerprint density at radius 2 is 1.79 bits per heavy atom. The first-order valence-corrected chi connectivity index (χ1v) is 10.3. The number of fused-ring (bicyclic) bond motifs is 3. The summed E-state index contributed by atoms with van der Waals surface area (Å²) in [5, 5.41) is 0. The molecule has 0 bridgehead atoms. The number of likely N-dealkylation sites (N-methyl/N-ethyl adjacent to an activating group) is 1. The molecule has 2 aromatic rings. The van der Waals surface area contributed by atoms with Crippen LogP contribution < -0.4 is 4.57 Å². The Labute approximate surface area is 170 Å². The van der Waals surface area contributed by atoms with Crippen LogP contribution in [0.5, 0.6) is 0 Å². The molecular weight excluding hydrogens is 366 g/mol. The van der Waals surface area contributed by atoms with Gasteiger partial charge in [-0.25, -0.2) is 13.9 Å². The third kappa shape index (κ3) is 2.56. The number of aliphatic imine (C=N–C) groups is 1. The minimum atomic E-state index is -0.572. The van der Waals surface area contributed by atoms with Gasteiger partial charge in [0.15, 0.2) is 0 Å². The van der Waals surface area contributed by atoms with E-state index in [1.165, 1.54) is 22.6 Å². The molecule has 1 saturated heterocycles. The van der Waals surface area contributed by atoms with Crippen molar-refractivity contribution in [1.29, 1.82) is 0 Å². The van der Waals surface area contributed by atoms with Crippen molar-refractivity contribution in [3.63, 3.8) is 0 Å². The van der Waals surface area contributed by atoms with Crippen LogP contribution in [0.15, 0.2) is 35.3 Å². The molecule has 0 spiro atoms. The van der Waals surface area contributed by atoms with E-state index in [2.05, 4.69) is 11.5 Å². The Balaban J connectivity index is 1.58. The number of hydrogen-bond donors (Lipinski definition) is 0. The Morgan fingerprint density at radius 1 is 1.10 bits per heavy atom. The lowest BCUT2D eigenvalue weighted by Crippen LogP contribution is -2.63.